The Bertz CT molecular complexity index is 2600. The molecule has 0 radical (unpaired) electrons. The molecule has 6 heterocycles. The van der Waals surface area contributed by atoms with E-state index in [9.17, 15) is 19.2 Å². The molecule has 6 aromatic rings. The van der Waals surface area contributed by atoms with Crippen LogP contribution in [0.2, 0.25) is 5.02 Å². The minimum Gasteiger partial charge on any atom is -0.454 e. The number of aromatic nitrogens is 3. The Morgan fingerprint density at radius 3 is 2.45 bits per heavy atom. The molecule has 9 rings (SSSR count). The fourth-order valence-electron chi connectivity index (χ4n) is 8.56. The van der Waals surface area contributed by atoms with Crippen molar-refractivity contribution < 1.29 is 14.0 Å². The second-order valence-electron chi connectivity index (χ2n) is 14.5. The molecular formula is C39H39ClN8O5. The number of imidazole rings is 1. The lowest BCUT2D eigenvalue weighted by molar-refractivity contribution is -0.135. The molecule has 13 nitrogen and oxygen atoms in total. The first-order chi connectivity index (χ1) is 25.6. The van der Waals surface area contributed by atoms with E-state index in [0.29, 0.717) is 45.2 Å². The predicted molar refractivity (Wildman–Crippen MR) is 207 cm³/mol. The molecule has 3 aromatic heterocycles. The van der Waals surface area contributed by atoms with E-state index in [1.54, 1.807) is 34.4 Å². The Kier molecular flexibility index (Phi) is 8.15. The second-order valence-corrected chi connectivity index (χ2v) is 14.9. The summed E-state index contributed by atoms with van der Waals surface area (Å²) in [6.45, 7) is 6.28. The summed E-state index contributed by atoms with van der Waals surface area (Å²) in [7, 11) is 1.75. The lowest BCUT2D eigenvalue weighted by Crippen LogP contribution is -2.49. The second kappa shape index (κ2) is 12.9. The maximum Gasteiger partial charge on any atom is 0.329 e. The number of nitrogens with zero attached hydrogens (tertiary/aromatic N) is 6. The summed E-state index contributed by atoms with van der Waals surface area (Å²) < 4.78 is 9.22. The summed E-state index contributed by atoms with van der Waals surface area (Å²) >= 11 is 6.29. The number of piperidine rings is 2. The molecule has 3 aromatic carbocycles. The van der Waals surface area contributed by atoms with Gasteiger partial charge in [-0.05, 0) is 60.9 Å². The number of hydrogen-bond donors (Lipinski definition) is 2. The fraction of sp³-hybridized carbons (Fsp3) is 0.359. The number of piperazine rings is 1. The van der Waals surface area contributed by atoms with Crippen LogP contribution in [-0.2, 0) is 16.6 Å². The maximum absolute atomic E-state index is 13.5. The largest absolute Gasteiger partial charge is 0.454 e. The number of fused-ring (bicyclic) bond motifs is 5. The number of benzene rings is 3. The highest BCUT2D eigenvalue weighted by atomic mass is 35.5. The van der Waals surface area contributed by atoms with Gasteiger partial charge in [0.1, 0.15) is 17.4 Å². The third-order valence-corrected chi connectivity index (χ3v) is 11.7. The van der Waals surface area contributed by atoms with Crippen molar-refractivity contribution in [3.05, 3.63) is 80.3 Å². The smallest absolute Gasteiger partial charge is 0.329 e. The number of imide groups is 1. The van der Waals surface area contributed by atoms with Crippen LogP contribution in [-0.4, -0.2) is 76.6 Å². The highest BCUT2D eigenvalue weighted by molar-refractivity contribution is 6.35. The van der Waals surface area contributed by atoms with Gasteiger partial charge in [0, 0.05) is 76.4 Å². The zero-order chi connectivity index (χ0) is 36.5. The zero-order valence-corrected chi connectivity index (χ0v) is 30.1. The fourth-order valence-corrected chi connectivity index (χ4v) is 8.82. The topological polar surface area (TPSA) is 152 Å². The van der Waals surface area contributed by atoms with Crippen LogP contribution in [0.5, 0.6) is 0 Å². The summed E-state index contributed by atoms with van der Waals surface area (Å²) in [6.07, 6.45) is 2.66. The van der Waals surface area contributed by atoms with E-state index in [1.165, 1.54) is 0 Å². The predicted octanol–water partition coefficient (Wildman–Crippen LogP) is 4.40. The van der Waals surface area contributed by atoms with Crippen molar-refractivity contribution >= 4 is 84.5 Å². The Balaban J connectivity index is 0.861. The number of halogens is 1. The van der Waals surface area contributed by atoms with Gasteiger partial charge in [0.2, 0.25) is 17.2 Å². The van der Waals surface area contributed by atoms with Gasteiger partial charge in [-0.1, -0.05) is 29.8 Å². The number of hydrogen-bond acceptors (Lipinski definition) is 10. The average Bonchev–Trinajstić information content (AvgIpc) is 3.41. The first-order valence-electron chi connectivity index (χ1n) is 18.2. The van der Waals surface area contributed by atoms with Gasteiger partial charge < -0.3 is 20.0 Å². The summed E-state index contributed by atoms with van der Waals surface area (Å²) in [5.74, 6) is 0.147. The molecule has 3 fully saturated rings. The van der Waals surface area contributed by atoms with Gasteiger partial charge in [0.25, 0.3) is 0 Å². The number of nitrogens with one attached hydrogen (secondary N) is 1. The Hall–Kier alpha value is -5.40. The van der Waals surface area contributed by atoms with E-state index in [0.717, 1.165) is 86.3 Å². The minimum absolute atomic E-state index is 0.184. The molecule has 0 bridgehead atoms. The molecule has 3 aliphatic rings. The van der Waals surface area contributed by atoms with Crippen LogP contribution in [0.15, 0.2) is 68.6 Å². The van der Waals surface area contributed by atoms with Crippen molar-refractivity contribution in [2.75, 3.05) is 61.3 Å². The first-order valence-corrected chi connectivity index (χ1v) is 18.5. The zero-order valence-electron chi connectivity index (χ0n) is 29.3. The summed E-state index contributed by atoms with van der Waals surface area (Å²) in [5.41, 5.74) is 10.2. The number of nitrogen functional groups attached to an aromatic ring is 1. The molecule has 53 heavy (non-hydrogen) atoms. The van der Waals surface area contributed by atoms with Crippen molar-refractivity contribution in [1.29, 1.82) is 0 Å². The van der Waals surface area contributed by atoms with E-state index in [4.69, 9.17) is 21.8 Å². The van der Waals surface area contributed by atoms with Gasteiger partial charge in [-0.3, -0.25) is 33.7 Å². The molecule has 3 saturated heterocycles. The van der Waals surface area contributed by atoms with Crippen molar-refractivity contribution in [3.63, 3.8) is 0 Å². The summed E-state index contributed by atoms with van der Waals surface area (Å²) in [4.78, 5) is 62.8. The molecule has 2 amide bonds. The van der Waals surface area contributed by atoms with E-state index in [-0.39, 0.29) is 29.0 Å². The van der Waals surface area contributed by atoms with Crippen LogP contribution < -0.4 is 32.0 Å². The van der Waals surface area contributed by atoms with E-state index in [2.05, 4.69) is 43.2 Å². The van der Waals surface area contributed by atoms with Crippen LogP contribution in [0.3, 0.4) is 0 Å². The Morgan fingerprint density at radius 2 is 1.68 bits per heavy atom. The van der Waals surface area contributed by atoms with Gasteiger partial charge in [-0.15, -0.1) is 0 Å². The van der Waals surface area contributed by atoms with Crippen molar-refractivity contribution in [2.24, 2.45) is 13.0 Å². The van der Waals surface area contributed by atoms with Crippen LogP contribution in [0.1, 0.15) is 31.7 Å². The number of rotatable bonds is 5. The molecule has 272 valence electrons. The van der Waals surface area contributed by atoms with Gasteiger partial charge in [0.15, 0.2) is 11.1 Å². The maximum atomic E-state index is 13.5. The first kappa shape index (κ1) is 33.4. The molecule has 3 N–H and O–H groups in total. The molecule has 0 spiro atoms. The van der Waals surface area contributed by atoms with Crippen molar-refractivity contribution in [2.45, 2.75) is 31.7 Å². The highest BCUT2D eigenvalue weighted by Gasteiger charge is 2.32. The number of amides is 2. The molecule has 0 aliphatic carbocycles. The monoisotopic (exact) mass is 734 g/mol. The van der Waals surface area contributed by atoms with Crippen molar-refractivity contribution in [1.82, 2.24) is 24.3 Å². The van der Waals surface area contributed by atoms with Crippen LogP contribution in [0, 0.1) is 5.92 Å². The number of anilines is 3. The average molecular weight is 735 g/mol. The molecule has 3 aliphatic heterocycles. The third-order valence-electron chi connectivity index (χ3n) is 11.4. The molecule has 1 atom stereocenters. The SMILES string of the molecule is Cn1c(=O)n(C2CCC(=O)NC2=O)c2ccc3ccc(N4CCC(CN5CCN(c6cc7oc8cccc(Cl)c8c(=O)c7nc6N)CC5)CC4)cc3c21. The third kappa shape index (κ3) is 5.69. The van der Waals surface area contributed by atoms with E-state index >= 15 is 0 Å². The molecule has 0 saturated carbocycles. The Morgan fingerprint density at radius 1 is 0.906 bits per heavy atom. The van der Waals surface area contributed by atoms with Gasteiger partial charge in [-0.2, -0.15) is 0 Å². The number of carbonyl (C=O) groups is 2. The lowest BCUT2D eigenvalue weighted by Gasteiger charge is -2.40. The number of carbonyl (C=O) groups excluding carboxylic acids is 2. The lowest BCUT2D eigenvalue weighted by atomic mass is 9.95. The standard InChI is InChI=1S/C39H39ClN8O5/c1-44-35-25-19-24(7-5-23(25)6-8-27(35)48(39(44)52)28-9-10-32(49)42-38(28)51)46-13-11-22(12-14-46)21-45-15-17-47(18-16-45)29-20-31-34(43-37(29)41)36(50)33-26(40)3-2-4-30(33)53-31/h2-8,19-20,22,28H,9-18,21H2,1H3,(H2,41,43)(H,42,49,51). The number of nitrogens with two attached hydrogens (primary N) is 1. The quantitative estimate of drug-likeness (QED) is 0.193. The highest BCUT2D eigenvalue weighted by Crippen LogP contribution is 2.34. The van der Waals surface area contributed by atoms with Gasteiger partial charge in [0.05, 0.1) is 27.1 Å². The van der Waals surface area contributed by atoms with E-state index < -0.39 is 11.9 Å². The number of aryl methyl sites for hydroxylation is 1. The van der Waals surface area contributed by atoms with Crippen LogP contribution in [0.25, 0.3) is 43.9 Å². The van der Waals surface area contributed by atoms with Crippen LogP contribution >= 0.6 is 11.6 Å². The Labute approximate surface area is 308 Å². The summed E-state index contributed by atoms with van der Waals surface area (Å²) in [6, 6.07) is 16.6. The number of pyridine rings is 1. The van der Waals surface area contributed by atoms with Crippen LogP contribution in [0.4, 0.5) is 17.2 Å². The summed E-state index contributed by atoms with van der Waals surface area (Å²) in [5, 5.41) is 5.02. The normalized spacial score (nSPS) is 19.2. The minimum atomic E-state index is -0.717. The van der Waals surface area contributed by atoms with Gasteiger partial charge in [-0.25, -0.2) is 9.78 Å². The molecular weight excluding hydrogens is 696 g/mol. The van der Waals surface area contributed by atoms with Gasteiger partial charge >= 0.3 is 5.69 Å². The van der Waals surface area contributed by atoms with E-state index in [1.807, 2.05) is 18.2 Å². The molecule has 1 unspecified atom stereocenters. The molecule has 14 heteroatoms. The van der Waals surface area contributed by atoms with Crippen molar-refractivity contribution in [3.8, 4) is 0 Å².